The van der Waals surface area contributed by atoms with E-state index in [1.807, 2.05) is 0 Å². The molecule has 0 saturated heterocycles. The van der Waals surface area contributed by atoms with Gasteiger partial charge in [0.15, 0.2) is 5.82 Å². The molecule has 0 unspecified atom stereocenters. The Bertz CT molecular complexity index is 234. The third kappa shape index (κ3) is 1.59. The number of carbonyl (C=O) groups excluding carboxylic acids is 1. The zero-order valence-electron chi connectivity index (χ0n) is 5.74. The van der Waals surface area contributed by atoms with Crippen LogP contribution < -0.4 is 24.0 Å². The van der Waals surface area contributed by atoms with Crippen LogP contribution in [0.2, 0.25) is 0 Å². The molecule has 0 aromatic carbocycles. The van der Waals surface area contributed by atoms with Crippen molar-refractivity contribution in [2.24, 2.45) is 7.05 Å². The summed E-state index contributed by atoms with van der Waals surface area (Å²) in [6.07, 6.45) is 1.30. The van der Waals surface area contributed by atoms with Crippen LogP contribution in [0.25, 0.3) is 0 Å². The van der Waals surface area contributed by atoms with Crippen molar-refractivity contribution in [3.63, 3.8) is 0 Å². The maximum absolute atomic E-state index is 10.0. The van der Waals surface area contributed by atoms with Gasteiger partial charge in [-0.2, -0.15) is 0 Å². The van der Waals surface area contributed by atoms with Crippen LogP contribution >= 0.6 is 0 Å². The maximum atomic E-state index is 10.0. The van der Waals surface area contributed by atoms with Crippen molar-refractivity contribution in [2.45, 2.75) is 0 Å². The Balaban J connectivity index is 0.000000810. The van der Waals surface area contributed by atoms with E-state index >= 15 is 0 Å². The van der Waals surface area contributed by atoms with E-state index in [1.165, 1.54) is 17.9 Å². The number of aromatic carboxylic acids is 1. The second-order valence-corrected chi connectivity index (χ2v) is 1.55. The fourth-order valence-corrected chi connectivity index (χ4v) is 0.468. The number of carbonyl (C=O) groups is 1. The zero-order valence-corrected chi connectivity index (χ0v) is 5.74. The summed E-state index contributed by atoms with van der Waals surface area (Å²) in [6, 6.07) is 0. The first kappa shape index (κ1) is 9.21. The Morgan fingerprint density at radius 2 is 2.40 bits per heavy atom. The molecule has 5 nitrogen and oxygen atoms in total. The molecule has 0 N–H and O–H groups in total. The van der Waals surface area contributed by atoms with Gasteiger partial charge in [-0.1, -0.05) is 0 Å². The van der Waals surface area contributed by atoms with Gasteiger partial charge in [-0.25, -0.2) is 0 Å². The number of rotatable bonds is 1. The smallest absolute Gasteiger partial charge is 0.541 e. The van der Waals surface area contributed by atoms with Gasteiger partial charge in [0.1, 0.15) is 12.3 Å². The fraction of sp³-hybridized carbons (Fsp3) is 0.250. The van der Waals surface area contributed by atoms with Gasteiger partial charge < -0.3 is 14.5 Å². The van der Waals surface area contributed by atoms with Gasteiger partial charge in [0.25, 0.3) is 0 Å². The van der Waals surface area contributed by atoms with Crippen LogP contribution in [-0.2, 0) is 7.05 Å². The summed E-state index contributed by atoms with van der Waals surface area (Å²) in [5.41, 5.74) is 0. The monoisotopic (exact) mass is 133 g/mol. The average molecular weight is 133 g/mol. The maximum Gasteiger partial charge on any atom is 1.00 e. The van der Waals surface area contributed by atoms with Gasteiger partial charge >= 0.3 is 18.9 Å². The molecule has 48 valence electrons. The quantitative estimate of drug-likeness (QED) is 0.360. The Kier molecular flexibility index (Phi) is 3.13. The van der Waals surface area contributed by atoms with E-state index in [4.69, 9.17) is 0 Å². The van der Waals surface area contributed by atoms with Crippen molar-refractivity contribution in [3.05, 3.63) is 12.2 Å². The summed E-state index contributed by atoms with van der Waals surface area (Å²) in [5, 5.41) is 16.6. The summed E-state index contributed by atoms with van der Waals surface area (Å²) in [4.78, 5) is 10.0. The first-order valence-electron chi connectivity index (χ1n) is 2.27. The van der Waals surface area contributed by atoms with E-state index in [2.05, 4.69) is 10.2 Å². The van der Waals surface area contributed by atoms with E-state index in [1.54, 1.807) is 0 Å². The number of aromatic nitrogens is 3. The number of carboxylic acid groups (broad SMARTS) is 1. The minimum atomic E-state index is -1.31. The standard InChI is InChI=1S/C4H5N3O2.Li/c1-7-2-5-6-3(7)4(8)9;/h2H,1H3,(H,8,9);/q;+1/p-1. The molecule has 0 aliphatic rings. The van der Waals surface area contributed by atoms with E-state index in [0.717, 1.165) is 0 Å². The Labute approximate surface area is 69.2 Å². The molecule has 0 aliphatic heterocycles. The van der Waals surface area contributed by atoms with Crippen LogP contribution in [-0.4, -0.2) is 20.7 Å². The summed E-state index contributed by atoms with van der Waals surface area (Å²) in [6.45, 7) is 0. The Morgan fingerprint density at radius 3 is 2.60 bits per heavy atom. The molecule has 0 fully saturated rings. The minimum Gasteiger partial charge on any atom is -0.541 e. The van der Waals surface area contributed by atoms with Gasteiger partial charge in [0.2, 0.25) is 0 Å². The number of carboxylic acids is 1. The Morgan fingerprint density at radius 1 is 1.80 bits per heavy atom. The first-order valence-corrected chi connectivity index (χ1v) is 2.27. The molecule has 0 bridgehead atoms. The van der Waals surface area contributed by atoms with Crippen molar-refractivity contribution in [1.29, 1.82) is 0 Å². The molecule has 1 aromatic heterocycles. The van der Waals surface area contributed by atoms with Crippen molar-refractivity contribution >= 4 is 5.97 Å². The van der Waals surface area contributed by atoms with Crippen LogP contribution in [0.3, 0.4) is 0 Å². The third-order valence-electron chi connectivity index (χ3n) is 0.894. The Hall–Kier alpha value is -0.793. The van der Waals surface area contributed by atoms with Crippen molar-refractivity contribution in [2.75, 3.05) is 0 Å². The molecule has 1 heterocycles. The predicted octanol–water partition coefficient (Wildman–Crippen LogP) is -4.82. The minimum absolute atomic E-state index is 0. The average Bonchev–Trinajstić information content (AvgIpc) is 2.13. The molecule has 0 aliphatic carbocycles. The zero-order chi connectivity index (χ0) is 6.85. The molecular formula is C4H4LiN3O2. The molecule has 0 amide bonds. The largest absolute Gasteiger partial charge is 1.00 e. The SMILES string of the molecule is Cn1cnnc1C(=O)[O-].[Li+]. The summed E-state index contributed by atoms with van der Waals surface area (Å²) < 4.78 is 1.27. The van der Waals surface area contributed by atoms with Gasteiger partial charge in [-0.05, 0) is 0 Å². The molecule has 1 rings (SSSR count). The first-order chi connectivity index (χ1) is 4.22. The molecule has 0 atom stereocenters. The molecule has 0 spiro atoms. The van der Waals surface area contributed by atoms with E-state index in [-0.39, 0.29) is 24.7 Å². The second-order valence-electron chi connectivity index (χ2n) is 1.55. The predicted molar refractivity (Wildman–Crippen MR) is 25.3 cm³/mol. The number of aryl methyl sites for hydroxylation is 1. The number of nitrogens with zero attached hydrogens (tertiary/aromatic N) is 3. The molecule has 0 saturated carbocycles. The van der Waals surface area contributed by atoms with Crippen LogP contribution in [0.5, 0.6) is 0 Å². The second kappa shape index (κ2) is 3.39. The van der Waals surface area contributed by atoms with Crippen molar-refractivity contribution in [1.82, 2.24) is 14.8 Å². The van der Waals surface area contributed by atoms with Crippen LogP contribution in [0.4, 0.5) is 0 Å². The topological polar surface area (TPSA) is 70.8 Å². The van der Waals surface area contributed by atoms with E-state index in [0.29, 0.717) is 0 Å². The fourth-order valence-electron chi connectivity index (χ4n) is 0.468. The van der Waals surface area contributed by atoms with E-state index < -0.39 is 5.97 Å². The number of hydrogen-bond acceptors (Lipinski definition) is 4. The number of hydrogen-bond donors (Lipinski definition) is 0. The molecular weight excluding hydrogens is 129 g/mol. The summed E-state index contributed by atoms with van der Waals surface area (Å²) >= 11 is 0. The van der Waals surface area contributed by atoms with Crippen molar-refractivity contribution in [3.8, 4) is 0 Å². The molecule has 1 aromatic rings. The van der Waals surface area contributed by atoms with Gasteiger partial charge in [-0.3, -0.25) is 0 Å². The van der Waals surface area contributed by atoms with Gasteiger partial charge in [-0.15, -0.1) is 10.2 Å². The third-order valence-corrected chi connectivity index (χ3v) is 0.894. The van der Waals surface area contributed by atoms with Crippen molar-refractivity contribution < 1.29 is 28.8 Å². The van der Waals surface area contributed by atoms with E-state index in [9.17, 15) is 9.90 Å². The molecule has 6 heteroatoms. The molecule has 10 heavy (non-hydrogen) atoms. The van der Waals surface area contributed by atoms with Crippen LogP contribution in [0.15, 0.2) is 6.33 Å². The summed E-state index contributed by atoms with van der Waals surface area (Å²) in [7, 11) is 1.53. The van der Waals surface area contributed by atoms with Gasteiger partial charge in [0, 0.05) is 7.05 Å². The van der Waals surface area contributed by atoms with Crippen LogP contribution in [0, 0.1) is 0 Å². The van der Waals surface area contributed by atoms with Crippen LogP contribution in [0.1, 0.15) is 10.6 Å². The normalized spacial score (nSPS) is 8.50. The van der Waals surface area contributed by atoms with Gasteiger partial charge in [0.05, 0.1) is 0 Å². The summed E-state index contributed by atoms with van der Waals surface area (Å²) in [5.74, 6) is -1.47. The molecule has 0 radical (unpaired) electrons.